The normalized spacial score (nSPS) is 19.4. The third-order valence-corrected chi connectivity index (χ3v) is 3.64. The standard InChI is InChI=1S/C16H16FNO3/c17-13-5-3-11(4-6-13)15(14-2-1-8-21-14)18-16(19)12-7-9-20-10-12/h3-7,9-10,14-15H,1-2,8H2,(H,18,19)/t14-,15+/m0/s1. The number of halogens is 1. The maximum atomic E-state index is 13.1. The van der Waals surface area contributed by atoms with Crippen molar-refractivity contribution in [2.24, 2.45) is 0 Å². The van der Waals surface area contributed by atoms with Crippen molar-refractivity contribution in [3.63, 3.8) is 0 Å². The van der Waals surface area contributed by atoms with E-state index < -0.39 is 0 Å². The summed E-state index contributed by atoms with van der Waals surface area (Å²) >= 11 is 0. The van der Waals surface area contributed by atoms with Crippen LogP contribution >= 0.6 is 0 Å². The first kappa shape index (κ1) is 13.8. The van der Waals surface area contributed by atoms with E-state index in [0.717, 1.165) is 18.4 Å². The minimum absolute atomic E-state index is 0.0914. The van der Waals surface area contributed by atoms with Gasteiger partial charge in [-0.05, 0) is 36.6 Å². The number of hydrogen-bond acceptors (Lipinski definition) is 3. The topological polar surface area (TPSA) is 51.5 Å². The lowest BCUT2D eigenvalue weighted by Gasteiger charge is -2.24. The Labute approximate surface area is 121 Å². The molecule has 1 N–H and O–H groups in total. The fourth-order valence-corrected chi connectivity index (χ4v) is 2.54. The summed E-state index contributed by atoms with van der Waals surface area (Å²) in [6.45, 7) is 0.684. The second-order valence-corrected chi connectivity index (χ2v) is 5.07. The number of amides is 1. The van der Waals surface area contributed by atoms with Crippen molar-refractivity contribution in [3.05, 3.63) is 59.8 Å². The van der Waals surface area contributed by atoms with Gasteiger partial charge in [-0.2, -0.15) is 0 Å². The predicted molar refractivity (Wildman–Crippen MR) is 74.3 cm³/mol. The Bertz CT molecular complexity index is 588. The molecule has 2 atom stereocenters. The Balaban J connectivity index is 1.82. The number of rotatable bonds is 4. The van der Waals surface area contributed by atoms with E-state index >= 15 is 0 Å². The van der Waals surface area contributed by atoms with Crippen LogP contribution in [-0.4, -0.2) is 18.6 Å². The summed E-state index contributed by atoms with van der Waals surface area (Å²) in [4.78, 5) is 12.2. The van der Waals surface area contributed by atoms with Gasteiger partial charge in [0.05, 0.1) is 24.0 Å². The number of carbonyl (C=O) groups is 1. The molecule has 1 aromatic heterocycles. The Kier molecular flexibility index (Phi) is 4.01. The largest absolute Gasteiger partial charge is 0.472 e. The molecule has 5 heteroatoms. The first-order valence-corrected chi connectivity index (χ1v) is 6.94. The Morgan fingerprint density at radius 3 is 2.71 bits per heavy atom. The predicted octanol–water partition coefficient (Wildman–Crippen LogP) is 3.07. The Morgan fingerprint density at radius 1 is 1.29 bits per heavy atom. The van der Waals surface area contributed by atoms with Crippen LogP contribution in [0.3, 0.4) is 0 Å². The highest BCUT2D eigenvalue weighted by Crippen LogP contribution is 2.27. The lowest BCUT2D eigenvalue weighted by atomic mass is 9.99. The van der Waals surface area contributed by atoms with Gasteiger partial charge in [0.15, 0.2) is 0 Å². The minimum Gasteiger partial charge on any atom is -0.472 e. The van der Waals surface area contributed by atoms with Gasteiger partial charge >= 0.3 is 0 Å². The summed E-state index contributed by atoms with van der Waals surface area (Å²) in [5, 5.41) is 2.95. The lowest BCUT2D eigenvalue weighted by Crippen LogP contribution is -2.36. The van der Waals surface area contributed by atoms with Gasteiger partial charge < -0.3 is 14.5 Å². The molecule has 0 radical (unpaired) electrons. The molecular weight excluding hydrogens is 273 g/mol. The molecule has 3 rings (SSSR count). The molecule has 0 unspecified atom stereocenters. The van der Waals surface area contributed by atoms with Gasteiger partial charge in [-0.15, -0.1) is 0 Å². The zero-order valence-electron chi connectivity index (χ0n) is 11.4. The second kappa shape index (κ2) is 6.10. The van der Waals surface area contributed by atoms with E-state index in [1.54, 1.807) is 18.2 Å². The van der Waals surface area contributed by atoms with Crippen molar-refractivity contribution in [2.45, 2.75) is 25.0 Å². The van der Waals surface area contributed by atoms with Crippen molar-refractivity contribution in [3.8, 4) is 0 Å². The molecule has 1 aliphatic heterocycles. The molecule has 1 amide bonds. The van der Waals surface area contributed by atoms with Gasteiger partial charge in [0.2, 0.25) is 0 Å². The number of ether oxygens (including phenoxy) is 1. The molecule has 1 aromatic carbocycles. The molecule has 0 saturated carbocycles. The van der Waals surface area contributed by atoms with Gasteiger partial charge in [-0.1, -0.05) is 12.1 Å². The fourth-order valence-electron chi connectivity index (χ4n) is 2.54. The summed E-state index contributed by atoms with van der Waals surface area (Å²) in [7, 11) is 0. The first-order valence-electron chi connectivity index (χ1n) is 6.94. The number of benzene rings is 1. The highest BCUT2D eigenvalue weighted by molar-refractivity contribution is 5.94. The quantitative estimate of drug-likeness (QED) is 0.941. The maximum absolute atomic E-state index is 13.1. The average Bonchev–Trinajstić information content (AvgIpc) is 3.19. The highest BCUT2D eigenvalue weighted by atomic mass is 19.1. The molecular formula is C16H16FNO3. The molecule has 4 nitrogen and oxygen atoms in total. The lowest BCUT2D eigenvalue weighted by molar-refractivity contribution is 0.0672. The zero-order valence-corrected chi connectivity index (χ0v) is 11.4. The van der Waals surface area contributed by atoms with E-state index in [0.29, 0.717) is 12.2 Å². The molecule has 0 aliphatic carbocycles. The van der Waals surface area contributed by atoms with Crippen molar-refractivity contribution in [1.29, 1.82) is 0 Å². The van der Waals surface area contributed by atoms with Crippen LogP contribution in [0.5, 0.6) is 0 Å². The van der Waals surface area contributed by atoms with Crippen LogP contribution in [0.15, 0.2) is 47.3 Å². The highest BCUT2D eigenvalue weighted by Gasteiger charge is 2.29. The van der Waals surface area contributed by atoms with E-state index in [-0.39, 0.29) is 23.9 Å². The van der Waals surface area contributed by atoms with Crippen molar-refractivity contribution in [2.75, 3.05) is 6.61 Å². The zero-order chi connectivity index (χ0) is 14.7. The molecule has 2 aromatic rings. The smallest absolute Gasteiger partial charge is 0.255 e. The van der Waals surface area contributed by atoms with Gasteiger partial charge in [-0.3, -0.25) is 4.79 Å². The molecule has 1 saturated heterocycles. The molecule has 0 spiro atoms. The number of hydrogen-bond donors (Lipinski definition) is 1. The van der Waals surface area contributed by atoms with Crippen LogP contribution in [0.1, 0.15) is 34.8 Å². The molecule has 21 heavy (non-hydrogen) atoms. The monoisotopic (exact) mass is 289 g/mol. The summed E-state index contributed by atoms with van der Waals surface area (Å²) in [6, 6.07) is 7.44. The van der Waals surface area contributed by atoms with Crippen LogP contribution in [0, 0.1) is 5.82 Å². The van der Waals surface area contributed by atoms with Crippen LogP contribution in [0.25, 0.3) is 0 Å². The van der Waals surface area contributed by atoms with E-state index in [1.165, 1.54) is 24.7 Å². The number of furan rings is 1. The van der Waals surface area contributed by atoms with Crippen LogP contribution in [-0.2, 0) is 4.74 Å². The molecule has 0 bridgehead atoms. The van der Waals surface area contributed by atoms with Gasteiger partial charge in [0.1, 0.15) is 12.1 Å². The first-order chi connectivity index (χ1) is 10.2. The van der Waals surface area contributed by atoms with Gasteiger partial charge in [0, 0.05) is 6.61 Å². The second-order valence-electron chi connectivity index (χ2n) is 5.07. The summed E-state index contributed by atoms with van der Waals surface area (Å²) in [6.07, 6.45) is 4.59. The van der Waals surface area contributed by atoms with E-state index in [1.807, 2.05) is 0 Å². The van der Waals surface area contributed by atoms with Crippen molar-refractivity contribution in [1.82, 2.24) is 5.32 Å². The summed E-state index contributed by atoms with van der Waals surface area (Å²) < 4.78 is 23.7. The minimum atomic E-state index is -0.300. The van der Waals surface area contributed by atoms with Crippen molar-refractivity contribution >= 4 is 5.91 Å². The number of nitrogens with one attached hydrogen (secondary N) is 1. The summed E-state index contributed by atoms with van der Waals surface area (Å²) in [5.74, 6) is -0.528. The van der Waals surface area contributed by atoms with Gasteiger partial charge in [0.25, 0.3) is 5.91 Å². The van der Waals surface area contributed by atoms with E-state index in [2.05, 4.69) is 5.32 Å². The van der Waals surface area contributed by atoms with Crippen LogP contribution in [0.2, 0.25) is 0 Å². The third-order valence-electron chi connectivity index (χ3n) is 3.64. The SMILES string of the molecule is O=C(N[C@H](c1ccc(F)cc1)[C@@H]1CCCO1)c1ccoc1. The Hall–Kier alpha value is -2.14. The molecule has 110 valence electrons. The third kappa shape index (κ3) is 3.13. The number of carbonyl (C=O) groups excluding carboxylic acids is 1. The van der Waals surface area contributed by atoms with Gasteiger partial charge in [-0.25, -0.2) is 4.39 Å². The maximum Gasteiger partial charge on any atom is 0.255 e. The van der Waals surface area contributed by atoms with Crippen LogP contribution in [0.4, 0.5) is 4.39 Å². The van der Waals surface area contributed by atoms with E-state index in [9.17, 15) is 9.18 Å². The molecule has 2 heterocycles. The van der Waals surface area contributed by atoms with Crippen molar-refractivity contribution < 1.29 is 18.3 Å². The fraction of sp³-hybridized carbons (Fsp3) is 0.312. The summed E-state index contributed by atoms with van der Waals surface area (Å²) in [5.41, 5.74) is 1.29. The average molecular weight is 289 g/mol. The molecule has 1 aliphatic rings. The van der Waals surface area contributed by atoms with Crippen LogP contribution < -0.4 is 5.32 Å². The Morgan fingerprint density at radius 2 is 2.10 bits per heavy atom. The van der Waals surface area contributed by atoms with E-state index in [4.69, 9.17) is 9.15 Å². The molecule has 1 fully saturated rings.